The van der Waals surface area contributed by atoms with Gasteiger partial charge in [0.15, 0.2) is 0 Å². The zero-order valence-electron chi connectivity index (χ0n) is 11.6. The molecule has 0 saturated heterocycles. The van der Waals surface area contributed by atoms with Crippen molar-refractivity contribution < 1.29 is 4.79 Å². The molecule has 4 heteroatoms. The SMILES string of the molecule is CCCNC(=O)c1ccccc1-c1c(C)n[nH]c1C. The van der Waals surface area contributed by atoms with E-state index in [2.05, 4.69) is 15.5 Å². The van der Waals surface area contributed by atoms with Crippen LogP contribution in [0.2, 0.25) is 0 Å². The van der Waals surface area contributed by atoms with Gasteiger partial charge in [-0.2, -0.15) is 5.10 Å². The number of hydrogen-bond acceptors (Lipinski definition) is 2. The number of nitrogens with zero attached hydrogens (tertiary/aromatic N) is 1. The van der Waals surface area contributed by atoms with E-state index in [1.807, 2.05) is 45.0 Å². The quantitative estimate of drug-likeness (QED) is 0.884. The standard InChI is InChI=1S/C15H19N3O/c1-4-9-16-15(19)13-8-6-5-7-12(13)14-10(2)17-18-11(14)3/h5-8H,4,9H2,1-3H3,(H,16,19)(H,17,18). The van der Waals surface area contributed by atoms with Gasteiger partial charge in [0, 0.05) is 23.4 Å². The maximum absolute atomic E-state index is 12.2. The molecule has 2 rings (SSSR count). The molecule has 0 aliphatic rings. The average molecular weight is 257 g/mol. The smallest absolute Gasteiger partial charge is 0.251 e. The minimum Gasteiger partial charge on any atom is -0.352 e. The number of rotatable bonds is 4. The van der Waals surface area contributed by atoms with Gasteiger partial charge in [-0.15, -0.1) is 0 Å². The summed E-state index contributed by atoms with van der Waals surface area (Å²) in [5.74, 6) is -0.0301. The summed E-state index contributed by atoms with van der Waals surface area (Å²) in [7, 11) is 0. The van der Waals surface area contributed by atoms with Gasteiger partial charge in [0.25, 0.3) is 5.91 Å². The first-order valence-electron chi connectivity index (χ1n) is 6.54. The Hall–Kier alpha value is -2.10. The lowest BCUT2D eigenvalue weighted by atomic mass is 9.97. The molecule has 0 atom stereocenters. The van der Waals surface area contributed by atoms with Crippen molar-refractivity contribution >= 4 is 5.91 Å². The molecule has 2 aromatic rings. The van der Waals surface area contributed by atoms with Crippen LogP contribution in [0.25, 0.3) is 11.1 Å². The fraction of sp³-hybridized carbons (Fsp3) is 0.333. The van der Waals surface area contributed by atoms with Gasteiger partial charge in [0.2, 0.25) is 0 Å². The van der Waals surface area contributed by atoms with Gasteiger partial charge in [-0.3, -0.25) is 9.89 Å². The van der Waals surface area contributed by atoms with Gasteiger partial charge >= 0.3 is 0 Å². The number of benzene rings is 1. The normalized spacial score (nSPS) is 10.5. The molecule has 100 valence electrons. The van der Waals surface area contributed by atoms with E-state index in [9.17, 15) is 4.79 Å². The Labute approximate surface area is 113 Å². The zero-order chi connectivity index (χ0) is 13.8. The first-order chi connectivity index (χ1) is 9.15. The monoisotopic (exact) mass is 257 g/mol. The summed E-state index contributed by atoms with van der Waals surface area (Å²) in [6.45, 7) is 6.64. The highest BCUT2D eigenvalue weighted by Crippen LogP contribution is 2.28. The molecule has 1 aromatic heterocycles. The van der Waals surface area contributed by atoms with Crippen molar-refractivity contribution in [2.75, 3.05) is 6.54 Å². The van der Waals surface area contributed by atoms with E-state index in [1.54, 1.807) is 0 Å². The lowest BCUT2D eigenvalue weighted by Gasteiger charge is -2.10. The molecule has 0 aliphatic carbocycles. The molecular weight excluding hydrogens is 238 g/mol. The predicted molar refractivity (Wildman–Crippen MR) is 76.1 cm³/mol. The van der Waals surface area contributed by atoms with Crippen molar-refractivity contribution in [3.63, 3.8) is 0 Å². The third-order valence-corrected chi connectivity index (χ3v) is 3.10. The summed E-state index contributed by atoms with van der Waals surface area (Å²) < 4.78 is 0. The van der Waals surface area contributed by atoms with Crippen molar-refractivity contribution in [2.24, 2.45) is 0 Å². The minimum atomic E-state index is -0.0301. The van der Waals surface area contributed by atoms with Gasteiger partial charge in [0.05, 0.1) is 5.69 Å². The van der Waals surface area contributed by atoms with Crippen LogP contribution >= 0.6 is 0 Å². The second-order valence-electron chi connectivity index (χ2n) is 4.61. The Morgan fingerprint density at radius 1 is 1.32 bits per heavy atom. The Morgan fingerprint density at radius 2 is 2.05 bits per heavy atom. The number of aromatic nitrogens is 2. The van der Waals surface area contributed by atoms with E-state index in [0.717, 1.165) is 28.9 Å². The van der Waals surface area contributed by atoms with Crippen molar-refractivity contribution in [3.8, 4) is 11.1 Å². The number of aryl methyl sites for hydroxylation is 2. The van der Waals surface area contributed by atoms with E-state index in [1.165, 1.54) is 0 Å². The van der Waals surface area contributed by atoms with Crippen LogP contribution in [0.4, 0.5) is 0 Å². The number of H-pyrrole nitrogens is 1. The first kappa shape index (κ1) is 13.3. The van der Waals surface area contributed by atoms with Crippen LogP contribution in [0.1, 0.15) is 35.1 Å². The maximum Gasteiger partial charge on any atom is 0.251 e. The lowest BCUT2D eigenvalue weighted by Crippen LogP contribution is -2.24. The lowest BCUT2D eigenvalue weighted by molar-refractivity contribution is 0.0954. The summed E-state index contributed by atoms with van der Waals surface area (Å²) in [4.78, 5) is 12.2. The summed E-state index contributed by atoms with van der Waals surface area (Å²) in [6.07, 6.45) is 0.928. The Bertz CT molecular complexity index is 567. The predicted octanol–water partition coefficient (Wildman–Crippen LogP) is 2.83. The van der Waals surface area contributed by atoms with Crippen molar-refractivity contribution in [2.45, 2.75) is 27.2 Å². The molecule has 4 nitrogen and oxygen atoms in total. The maximum atomic E-state index is 12.2. The molecule has 0 spiro atoms. The molecule has 0 unspecified atom stereocenters. The number of nitrogens with one attached hydrogen (secondary N) is 2. The summed E-state index contributed by atoms with van der Waals surface area (Å²) in [5, 5.41) is 10.1. The van der Waals surface area contributed by atoms with Gasteiger partial charge < -0.3 is 5.32 Å². The second kappa shape index (κ2) is 5.69. The summed E-state index contributed by atoms with van der Waals surface area (Å²) >= 11 is 0. The highest BCUT2D eigenvalue weighted by atomic mass is 16.1. The molecule has 1 amide bonds. The van der Waals surface area contributed by atoms with Crippen LogP contribution in [0.15, 0.2) is 24.3 Å². The van der Waals surface area contributed by atoms with Crippen molar-refractivity contribution in [1.82, 2.24) is 15.5 Å². The van der Waals surface area contributed by atoms with Crippen LogP contribution in [0, 0.1) is 13.8 Å². The number of aromatic amines is 1. The topological polar surface area (TPSA) is 57.8 Å². The van der Waals surface area contributed by atoms with E-state index in [0.29, 0.717) is 12.1 Å². The van der Waals surface area contributed by atoms with E-state index >= 15 is 0 Å². The number of amides is 1. The first-order valence-corrected chi connectivity index (χ1v) is 6.54. The number of hydrogen-bond donors (Lipinski definition) is 2. The molecule has 0 bridgehead atoms. The molecule has 0 fully saturated rings. The third-order valence-electron chi connectivity index (χ3n) is 3.10. The van der Waals surface area contributed by atoms with E-state index < -0.39 is 0 Å². The fourth-order valence-corrected chi connectivity index (χ4v) is 2.18. The Balaban J connectivity index is 2.45. The van der Waals surface area contributed by atoms with Crippen LogP contribution in [0.5, 0.6) is 0 Å². The molecule has 0 saturated carbocycles. The summed E-state index contributed by atoms with van der Waals surface area (Å²) in [5.41, 5.74) is 4.53. The zero-order valence-corrected chi connectivity index (χ0v) is 11.6. The minimum absolute atomic E-state index is 0.0301. The summed E-state index contributed by atoms with van der Waals surface area (Å²) in [6, 6.07) is 7.64. The molecule has 0 radical (unpaired) electrons. The highest BCUT2D eigenvalue weighted by molar-refractivity contribution is 6.01. The second-order valence-corrected chi connectivity index (χ2v) is 4.61. The third kappa shape index (κ3) is 2.67. The van der Waals surface area contributed by atoms with Crippen molar-refractivity contribution in [3.05, 3.63) is 41.2 Å². The van der Waals surface area contributed by atoms with Gasteiger partial charge in [-0.25, -0.2) is 0 Å². The number of carbonyl (C=O) groups is 1. The van der Waals surface area contributed by atoms with Gasteiger partial charge in [-0.05, 0) is 31.9 Å². The van der Waals surface area contributed by atoms with E-state index in [4.69, 9.17) is 0 Å². The molecule has 1 aromatic carbocycles. The van der Waals surface area contributed by atoms with Crippen LogP contribution in [0.3, 0.4) is 0 Å². The van der Waals surface area contributed by atoms with Crippen LogP contribution in [-0.2, 0) is 0 Å². The van der Waals surface area contributed by atoms with E-state index in [-0.39, 0.29) is 5.91 Å². The van der Waals surface area contributed by atoms with Gasteiger partial charge in [-0.1, -0.05) is 25.1 Å². The molecular formula is C15H19N3O. The Kier molecular flexibility index (Phi) is 4.00. The van der Waals surface area contributed by atoms with Crippen LogP contribution < -0.4 is 5.32 Å². The van der Waals surface area contributed by atoms with Crippen LogP contribution in [-0.4, -0.2) is 22.6 Å². The molecule has 2 N–H and O–H groups in total. The highest BCUT2D eigenvalue weighted by Gasteiger charge is 2.16. The van der Waals surface area contributed by atoms with Crippen molar-refractivity contribution in [1.29, 1.82) is 0 Å². The fourth-order valence-electron chi connectivity index (χ4n) is 2.18. The molecule has 1 heterocycles. The number of carbonyl (C=O) groups excluding carboxylic acids is 1. The molecule has 19 heavy (non-hydrogen) atoms. The molecule has 0 aliphatic heterocycles. The van der Waals surface area contributed by atoms with Gasteiger partial charge in [0.1, 0.15) is 0 Å². The average Bonchev–Trinajstić information content (AvgIpc) is 2.75. The largest absolute Gasteiger partial charge is 0.352 e. The Morgan fingerprint density at radius 3 is 2.68 bits per heavy atom.